The van der Waals surface area contributed by atoms with Crippen LogP contribution in [0.4, 0.5) is 0 Å². The molecule has 0 unspecified atom stereocenters. The smallest absolute Gasteiger partial charge is 0.237 e. The van der Waals surface area contributed by atoms with Gasteiger partial charge in [0, 0.05) is 12.3 Å². The van der Waals surface area contributed by atoms with Crippen LogP contribution in [-0.4, -0.2) is 30.5 Å². The Morgan fingerprint density at radius 2 is 2.08 bits per heavy atom. The van der Waals surface area contributed by atoms with Gasteiger partial charge in [-0.05, 0) is 11.7 Å². The van der Waals surface area contributed by atoms with Gasteiger partial charge < -0.3 is 11.1 Å². The molecule has 0 aliphatic rings. The number of nitrogens with one attached hydrogen (secondary N) is 1. The first-order valence-corrected chi connectivity index (χ1v) is 5.81. The standard InChI is InChI=1S/C9H20N2OS/c1-9(2,3)7(10)8(12)11-5-6-13-4/h7H,5-6,10H2,1-4H3,(H,11,12)/t7-/m1/s1. The van der Waals surface area contributed by atoms with Crippen LogP contribution in [0.15, 0.2) is 0 Å². The van der Waals surface area contributed by atoms with Crippen LogP contribution in [0.5, 0.6) is 0 Å². The monoisotopic (exact) mass is 204 g/mol. The van der Waals surface area contributed by atoms with E-state index in [1.807, 2.05) is 27.0 Å². The molecule has 0 spiro atoms. The summed E-state index contributed by atoms with van der Waals surface area (Å²) in [6, 6.07) is -0.422. The first-order valence-electron chi connectivity index (χ1n) is 4.42. The largest absolute Gasteiger partial charge is 0.354 e. The third-order valence-corrected chi connectivity index (χ3v) is 2.43. The van der Waals surface area contributed by atoms with Gasteiger partial charge in [0.15, 0.2) is 0 Å². The van der Waals surface area contributed by atoms with Gasteiger partial charge in [-0.15, -0.1) is 0 Å². The highest BCUT2D eigenvalue weighted by Gasteiger charge is 2.26. The van der Waals surface area contributed by atoms with Gasteiger partial charge in [-0.1, -0.05) is 20.8 Å². The molecule has 0 aromatic heterocycles. The van der Waals surface area contributed by atoms with Crippen molar-refractivity contribution in [3.05, 3.63) is 0 Å². The van der Waals surface area contributed by atoms with Crippen molar-refractivity contribution >= 4 is 17.7 Å². The molecule has 0 saturated carbocycles. The lowest BCUT2D eigenvalue weighted by molar-refractivity contribution is -0.124. The summed E-state index contributed by atoms with van der Waals surface area (Å²) in [7, 11) is 0. The molecule has 0 aliphatic heterocycles. The Balaban J connectivity index is 3.84. The zero-order chi connectivity index (χ0) is 10.5. The van der Waals surface area contributed by atoms with Crippen molar-refractivity contribution in [3.8, 4) is 0 Å². The summed E-state index contributed by atoms with van der Waals surface area (Å²) >= 11 is 1.71. The van der Waals surface area contributed by atoms with E-state index in [2.05, 4.69) is 5.32 Å². The Bertz CT molecular complexity index is 165. The lowest BCUT2D eigenvalue weighted by Crippen LogP contribution is -2.49. The van der Waals surface area contributed by atoms with Gasteiger partial charge in [0.1, 0.15) is 0 Å². The van der Waals surface area contributed by atoms with Crippen LogP contribution in [0.3, 0.4) is 0 Å². The molecule has 0 radical (unpaired) electrons. The molecule has 0 rings (SSSR count). The summed E-state index contributed by atoms with van der Waals surface area (Å²) in [5.41, 5.74) is 5.59. The summed E-state index contributed by atoms with van der Waals surface area (Å²) in [4.78, 5) is 11.4. The fourth-order valence-electron chi connectivity index (χ4n) is 0.780. The number of thioether (sulfide) groups is 1. The number of carbonyl (C=O) groups is 1. The fourth-order valence-corrected chi connectivity index (χ4v) is 1.09. The molecule has 3 N–H and O–H groups in total. The lowest BCUT2D eigenvalue weighted by atomic mass is 9.87. The Morgan fingerprint density at radius 3 is 2.46 bits per heavy atom. The maximum absolute atomic E-state index is 11.4. The first kappa shape index (κ1) is 12.8. The molecule has 1 amide bonds. The molecule has 0 bridgehead atoms. The quantitative estimate of drug-likeness (QED) is 0.667. The zero-order valence-electron chi connectivity index (χ0n) is 8.89. The van der Waals surface area contributed by atoms with Crippen LogP contribution < -0.4 is 11.1 Å². The maximum Gasteiger partial charge on any atom is 0.237 e. The van der Waals surface area contributed by atoms with E-state index in [1.54, 1.807) is 11.8 Å². The van der Waals surface area contributed by atoms with E-state index < -0.39 is 6.04 Å². The van der Waals surface area contributed by atoms with E-state index in [-0.39, 0.29) is 11.3 Å². The van der Waals surface area contributed by atoms with Crippen LogP contribution in [0, 0.1) is 5.41 Å². The molecule has 0 saturated heterocycles. The molecule has 4 heteroatoms. The Kier molecular flexibility index (Phi) is 5.40. The summed E-state index contributed by atoms with van der Waals surface area (Å²) < 4.78 is 0. The van der Waals surface area contributed by atoms with Crippen molar-refractivity contribution in [2.45, 2.75) is 26.8 Å². The van der Waals surface area contributed by atoms with Gasteiger partial charge in [-0.3, -0.25) is 4.79 Å². The Hall–Kier alpha value is -0.220. The third kappa shape index (κ3) is 5.16. The van der Waals surface area contributed by atoms with E-state index in [4.69, 9.17) is 5.73 Å². The van der Waals surface area contributed by atoms with Gasteiger partial charge in [0.2, 0.25) is 5.91 Å². The van der Waals surface area contributed by atoms with E-state index in [0.717, 1.165) is 5.75 Å². The topological polar surface area (TPSA) is 55.1 Å². The van der Waals surface area contributed by atoms with Crippen molar-refractivity contribution in [2.75, 3.05) is 18.6 Å². The predicted molar refractivity (Wildman–Crippen MR) is 58.8 cm³/mol. The van der Waals surface area contributed by atoms with Crippen molar-refractivity contribution in [1.29, 1.82) is 0 Å². The van der Waals surface area contributed by atoms with Crippen LogP contribution in [0.1, 0.15) is 20.8 Å². The number of hydrogen-bond donors (Lipinski definition) is 2. The van der Waals surface area contributed by atoms with E-state index in [0.29, 0.717) is 6.54 Å². The molecule has 0 aromatic carbocycles. The molecule has 0 heterocycles. The number of carbonyl (C=O) groups excluding carboxylic acids is 1. The molecule has 13 heavy (non-hydrogen) atoms. The number of amides is 1. The minimum absolute atomic E-state index is 0.0541. The molecule has 0 fully saturated rings. The lowest BCUT2D eigenvalue weighted by Gasteiger charge is -2.25. The molecular weight excluding hydrogens is 184 g/mol. The summed E-state index contributed by atoms with van der Waals surface area (Å²) in [6.45, 7) is 6.59. The number of nitrogens with two attached hydrogens (primary N) is 1. The molecule has 0 aliphatic carbocycles. The molecule has 1 atom stereocenters. The molecular formula is C9H20N2OS. The van der Waals surface area contributed by atoms with Gasteiger partial charge >= 0.3 is 0 Å². The van der Waals surface area contributed by atoms with Gasteiger partial charge in [0.05, 0.1) is 6.04 Å². The van der Waals surface area contributed by atoms with Gasteiger partial charge in [0.25, 0.3) is 0 Å². The minimum atomic E-state index is -0.422. The normalized spacial score (nSPS) is 13.9. The average Bonchev–Trinajstić information content (AvgIpc) is 2.01. The zero-order valence-corrected chi connectivity index (χ0v) is 9.70. The number of rotatable bonds is 4. The van der Waals surface area contributed by atoms with Crippen molar-refractivity contribution in [1.82, 2.24) is 5.32 Å². The summed E-state index contributed by atoms with van der Waals surface area (Å²) in [6.07, 6.45) is 2.01. The second kappa shape index (κ2) is 5.50. The van der Waals surface area contributed by atoms with Crippen molar-refractivity contribution in [2.24, 2.45) is 11.1 Å². The summed E-state index contributed by atoms with van der Waals surface area (Å²) in [5, 5.41) is 2.81. The molecule has 78 valence electrons. The average molecular weight is 204 g/mol. The van der Waals surface area contributed by atoms with Crippen LogP contribution in [-0.2, 0) is 4.79 Å². The highest BCUT2D eigenvalue weighted by atomic mass is 32.2. The molecule has 0 aromatic rings. The van der Waals surface area contributed by atoms with Crippen LogP contribution in [0.25, 0.3) is 0 Å². The van der Waals surface area contributed by atoms with E-state index in [1.165, 1.54) is 0 Å². The highest BCUT2D eigenvalue weighted by molar-refractivity contribution is 7.98. The van der Waals surface area contributed by atoms with Crippen LogP contribution in [0.2, 0.25) is 0 Å². The number of hydrogen-bond acceptors (Lipinski definition) is 3. The predicted octanol–water partition coefficient (Wildman–Crippen LogP) is 0.839. The van der Waals surface area contributed by atoms with Gasteiger partial charge in [-0.25, -0.2) is 0 Å². The Morgan fingerprint density at radius 1 is 1.54 bits per heavy atom. The maximum atomic E-state index is 11.4. The SMILES string of the molecule is CSCCNC(=O)[C@@H](N)C(C)(C)C. The second-order valence-electron chi connectivity index (χ2n) is 4.13. The van der Waals surface area contributed by atoms with Crippen LogP contribution >= 0.6 is 11.8 Å². The summed E-state index contributed by atoms with van der Waals surface area (Å²) in [5.74, 6) is 0.879. The van der Waals surface area contributed by atoms with Gasteiger partial charge in [-0.2, -0.15) is 11.8 Å². The fraction of sp³-hybridized carbons (Fsp3) is 0.889. The van der Waals surface area contributed by atoms with Crippen molar-refractivity contribution in [3.63, 3.8) is 0 Å². The van der Waals surface area contributed by atoms with Crippen molar-refractivity contribution < 1.29 is 4.79 Å². The van der Waals surface area contributed by atoms with E-state index >= 15 is 0 Å². The molecule has 3 nitrogen and oxygen atoms in total. The minimum Gasteiger partial charge on any atom is -0.354 e. The third-order valence-electron chi connectivity index (χ3n) is 1.82. The first-order chi connectivity index (χ1) is 5.89. The Labute approximate surface area is 84.8 Å². The highest BCUT2D eigenvalue weighted by Crippen LogP contribution is 2.16. The van der Waals surface area contributed by atoms with E-state index in [9.17, 15) is 4.79 Å². The second-order valence-corrected chi connectivity index (χ2v) is 5.11.